The van der Waals surface area contributed by atoms with Crippen LogP contribution in [0, 0.1) is 5.82 Å². The average molecular weight is 328 g/mol. The van der Waals surface area contributed by atoms with Gasteiger partial charge in [-0.3, -0.25) is 0 Å². The predicted molar refractivity (Wildman–Crippen MR) is 86.7 cm³/mol. The van der Waals surface area contributed by atoms with Gasteiger partial charge in [-0.15, -0.1) is 5.10 Å². The topological polar surface area (TPSA) is 77.8 Å². The zero-order valence-corrected chi connectivity index (χ0v) is 13.2. The maximum atomic E-state index is 14.3. The van der Waals surface area contributed by atoms with Crippen molar-refractivity contribution in [1.29, 1.82) is 0 Å². The number of aryl methyl sites for hydroxylation is 1. The molecule has 0 amide bonds. The fourth-order valence-corrected chi connectivity index (χ4v) is 2.94. The molecule has 4 rings (SSSR count). The molecule has 2 heterocycles. The third-order valence-electron chi connectivity index (χ3n) is 4.18. The minimum Gasteiger partial charge on any atom is -0.487 e. The molecule has 0 spiro atoms. The molecule has 1 aromatic carbocycles. The van der Waals surface area contributed by atoms with Crippen molar-refractivity contribution in [3.8, 4) is 5.75 Å². The van der Waals surface area contributed by atoms with Gasteiger partial charge < -0.3 is 10.1 Å². The first-order valence-electron chi connectivity index (χ1n) is 7.94. The Bertz CT molecular complexity index is 874. The molecule has 2 aromatic heterocycles. The van der Waals surface area contributed by atoms with Crippen LogP contribution in [0.4, 0.5) is 15.9 Å². The molecule has 24 heavy (non-hydrogen) atoms. The van der Waals surface area contributed by atoms with Gasteiger partial charge in [-0.1, -0.05) is 5.21 Å². The summed E-state index contributed by atoms with van der Waals surface area (Å²) in [6.07, 6.45) is 5.82. The van der Waals surface area contributed by atoms with Gasteiger partial charge in [0.15, 0.2) is 28.5 Å². The van der Waals surface area contributed by atoms with Crippen molar-refractivity contribution in [2.75, 3.05) is 5.32 Å². The summed E-state index contributed by atoms with van der Waals surface area (Å²) in [5, 5.41) is 11.0. The largest absolute Gasteiger partial charge is 0.487 e. The fraction of sp³-hybridized carbons (Fsp3) is 0.375. The van der Waals surface area contributed by atoms with Crippen molar-refractivity contribution in [3.05, 3.63) is 30.3 Å². The van der Waals surface area contributed by atoms with Gasteiger partial charge in [-0.25, -0.2) is 19.0 Å². The van der Waals surface area contributed by atoms with Crippen molar-refractivity contribution in [2.24, 2.45) is 7.05 Å². The molecular formula is C16H17FN6O. The van der Waals surface area contributed by atoms with E-state index in [9.17, 15) is 4.39 Å². The van der Waals surface area contributed by atoms with Crippen LogP contribution in [0.2, 0.25) is 0 Å². The van der Waals surface area contributed by atoms with E-state index in [1.54, 1.807) is 23.9 Å². The highest BCUT2D eigenvalue weighted by atomic mass is 19.1. The number of nitrogens with zero attached hydrogens (tertiary/aromatic N) is 5. The molecule has 0 bridgehead atoms. The average Bonchev–Trinajstić information content (AvgIpc) is 3.21. The fourth-order valence-electron chi connectivity index (χ4n) is 2.94. The number of hydrogen-bond acceptors (Lipinski definition) is 6. The van der Waals surface area contributed by atoms with Gasteiger partial charge in [0.05, 0.1) is 6.10 Å². The SMILES string of the molecule is Cn1nnc2c(Nc3ccc(OC4CCCC4)c(F)c3)ncnc21. The Morgan fingerprint density at radius 3 is 2.88 bits per heavy atom. The van der Waals surface area contributed by atoms with E-state index in [2.05, 4.69) is 25.6 Å². The lowest BCUT2D eigenvalue weighted by atomic mass is 10.2. The summed E-state index contributed by atoms with van der Waals surface area (Å²) in [6, 6.07) is 4.80. The second-order valence-corrected chi connectivity index (χ2v) is 5.90. The number of anilines is 2. The van der Waals surface area contributed by atoms with Crippen LogP contribution in [0.25, 0.3) is 11.2 Å². The third-order valence-corrected chi connectivity index (χ3v) is 4.18. The lowest BCUT2D eigenvalue weighted by Gasteiger charge is -2.14. The number of benzene rings is 1. The number of aromatic nitrogens is 5. The maximum Gasteiger partial charge on any atom is 0.183 e. The van der Waals surface area contributed by atoms with Gasteiger partial charge in [0.25, 0.3) is 0 Å². The highest BCUT2D eigenvalue weighted by Gasteiger charge is 2.18. The molecule has 0 unspecified atom stereocenters. The Morgan fingerprint density at radius 2 is 2.08 bits per heavy atom. The molecule has 1 aliphatic rings. The first-order valence-corrected chi connectivity index (χ1v) is 7.94. The van der Waals surface area contributed by atoms with E-state index < -0.39 is 5.82 Å². The molecule has 7 nitrogen and oxygen atoms in total. The third kappa shape index (κ3) is 2.75. The molecule has 1 N–H and O–H groups in total. The Hall–Kier alpha value is -2.77. The summed E-state index contributed by atoms with van der Waals surface area (Å²) in [5.41, 5.74) is 1.71. The second-order valence-electron chi connectivity index (χ2n) is 5.90. The normalized spacial score (nSPS) is 15.1. The van der Waals surface area contributed by atoms with E-state index in [1.807, 2.05) is 0 Å². The lowest BCUT2D eigenvalue weighted by Crippen LogP contribution is -2.11. The molecule has 0 radical (unpaired) electrons. The number of ether oxygens (including phenoxy) is 1. The zero-order chi connectivity index (χ0) is 16.5. The molecule has 1 fully saturated rings. The van der Waals surface area contributed by atoms with Crippen molar-refractivity contribution in [1.82, 2.24) is 25.0 Å². The van der Waals surface area contributed by atoms with Crippen LogP contribution in [0.1, 0.15) is 25.7 Å². The van der Waals surface area contributed by atoms with Crippen LogP contribution >= 0.6 is 0 Å². The minimum atomic E-state index is -0.392. The Labute approximate surface area is 137 Å². The summed E-state index contributed by atoms with van der Waals surface area (Å²) in [4.78, 5) is 8.28. The van der Waals surface area contributed by atoms with E-state index in [-0.39, 0.29) is 6.10 Å². The lowest BCUT2D eigenvalue weighted by molar-refractivity contribution is 0.201. The molecule has 3 aromatic rings. The monoisotopic (exact) mass is 328 g/mol. The predicted octanol–water partition coefficient (Wildman–Crippen LogP) is 2.96. The quantitative estimate of drug-likeness (QED) is 0.793. The van der Waals surface area contributed by atoms with Crippen LogP contribution < -0.4 is 10.1 Å². The van der Waals surface area contributed by atoms with Gasteiger partial charge >= 0.3 is 0 Å². The second kappa shape index (κ2) is 6.03. The Morgan fingerprint density at radius 1 is 1.25 bits per heavy atom. The minimum absolute atomic E-state index is 0.124. The van der Waals surface area contributed by atoms with Crippen molar-refractivity contribution in [3.63, 3.8) is 0 Å². The van der Waals surface area contributed by atoms with Crippen LogP contribution in [0.5, 0.6) is 5.75 Å². The summed E-state index contributed by atoms with van der Waals surface area (Å²) >= 11 is 0. The smallest absolute Gasteiger partial charge is 0.183 e. The molecular weight excluding hydrogens is 311 g/mol. The van der Waals surface area contributed by atoms with Crippen LogP contribution in [-0.2, 0) is 7.05 Å². The summed E-state index contributed by atoms with van der Waals surface area (Å²) in [5.74, 6) is 0.382. The first kappa shape index (κ1) is 14.8. The molecule has 0 atom stereocenters. The highest BCUT2D eigenvalue weighted by molar-refractivity contribution is 5.84. The van der Waals surface area contributed by atoms with Crippen LogP contribution in [0.3, 0.4) is 0 Å². The maximum absolute atomic E-state index is 14.3. The number of fused-ring (bicyclic) bond motifs is 1. The van der Waals surface area contributed by atoms with E-state index in [0.29, 0.717) is 28.4 Å². The van der Waals surface area contributed by atoms with Crippen molar-refractivity contribution < 1.29 is 9.13 Å². The Balaban J connectivity index is 1.57. The molecule has 124 valence electrons. The molecule has 1 aliphatic carbocycles. The highest BCUT2D eigenvalue weighted by Crippen LogP contribution is 2.29. The molecule has 0 aliphatic heterocycles. The van der Waals surface area contributed by atoms with Gasteiger partial charge in [0.1, 0.15) is 6.33 Å². The van der Waals surface area contributed by atoms with Crippen LogP contribution in [0.15, 0.2) is 24.5 Å². The summed E-state index contributed by atoms with van der Waals surface area (Å²) in [7, 11) is 1.75. The van der Waals surface area contributed by atoms with E-state index in [0.717, 1.165) is 25.7 Å². The zero-order valence-electron chi connectivity index (χ0n) is 13.2. The van der Waals surface area contributed by atoms with Crippen molar-refractivity contribution in [2.45, 2.75) is 31.8 Å². The summed E-state index contributed by atoms with van der Waals surface area (Å²) in [6.45, 7) is 0. The number of rotatable bonds is 4. The standard InChI is InChI=1S/C16H17FN6O/c1-23-16-14(21-22-23)15(18-9-19-16)20-10-6-7-13(12(17)8-10)24-11-4-2-3-5-11/h6-9,11H,2-5H2,1H3,(H,18,19,20). The van der Waals surface area contributed by atoms with E-state index >= 15 is 0 Å². The van der Waals surface area contributed by atoms with Gasteiger partial charge in [0, 0.05) is 18.8 Å². The van der Waals surface area contributed by atoms with E-state index in [1.165, 1.54) is 12.4 Å². The Kier molecular flexibility index (Phi) is 3.72. The van der Waals surface area contributed by atoms with Gasteiger partial charge in [0.2, 0.25) is 0 Å². The van der Waals surface area contributed by atoms with Gasteiger partial charge in [-0.2, -0.15) is 0 Å². The number of hydrogen-bond donors (Lipinski definition) is 1. The number of halogens is 1. The van der Waals surface area contributed by atoms with Gasteiger partial charge in [-0.05, 0) is 37.8 Å². The molecule has 8 heteroatoms. The first-order chi connectivity index (χ1) is 11.7. The van der Waals surface area contributed by atoms with E-state index in [4.69, 9.17) is 4.74 Å². The van der Waals surface area contributed by atoms with Crippen LogP contribution in [-0.4, -0.2) is 31.1 Å². The molecule has 0 saturated heterocycles. The summed E-state index contributed by atoms with van der Waals surface area (Å²) < 4.78 is 21.6. The number of nitrogens with one attached hydrogen (secondary N) is 1. The molecule has 1 saturated carbocycles. The van der Waals surface area contributed by atoms with Crippen molar-refractivity contribution >= 4 is 22.7 Å².